The summed E-state index contributed by atoms with van der Waals surface area (Å²) in [5, 5.41) is 7.68. The zero-order valence-corrected chi connectivity index (χ0v) is 19.1. The Hall–Kier alpha value is -3.68. The van der Waals surface area contributed by atoms with Crippen LogP contribution in [-0.4, -0.2) is 37.2 Å². The predicted molar refractivity (Wildman–Crippen MR) is 122 cm³/mol. The van der Waals surface area contributed by atoms with Crippen molar-refractivity contribution in [2.24, 2.45) is 7.05 Å². The highest BCUT2D eigenvalue weighted by atomic mass is 16.5. The van der Waals surface area contributed by atoms with E-state index in [1.807, 2.05) is 73.4 Å². The van der Waals surface area contributed by atoms with E-state index in [9.17, 15) is 4.79 Å². The molecule has 8 nitrogen and oxygen atoms in total. The SMILES string of the molecule is COc1cccc([C@@H](NC(=O)CCc2c(C)nc3cc(C)nn3c2C)c2nccn2C)c1. The highest BCUT2D eigenvalue weighted by molar-refractivity contribution is 5.77. The van der Waals surface area contributed by atoms with Gasteiger partial charge in [0.15, 0.2) is 5.65 Å². The van der Waals surface area contributed by atoms with Gasteiger partial charge in [-0.05, 0) is 50.5 Å². The standard InChI is InChI=1S/C24H28N6O2/c1-15-13-21-26-16(2)20(17(3)30(21)28-15)9-10-22(31)27-23(24-25-11-12-29(24)4)18-7-6-8-19(14-18)32-5/h6-8,11-14,23H,9-10H2,1-5H3,(H,27,31)/t23-/m1/s1. The third-order valence-corrected chi connectivity index (χ3v) is 5.74. The van der Waals surface area contributed by atoms with Gasteiger partial charge in [0.25, 0.3) is 0 Å². The minimum Gasteiger partial charge on any atom is -0.497 e. The van der Waals surface area contributed by atoms with Gasteiger partial charge in [-0.2, -0.15) is 5.10 Å². The fourth-order valence-corrected chi connectivity index (χ4v) is 4.05. The van der Waals surface area contributed by atoms with Crippen molar-refractivity contribution in [3.8, 4) is 5.75 Å². The first-order valence-electron chi connectivity index (χ1n) is 10.6. The maximum Gasteiger partial charge on any atom is 0.221 e. The van der Waals surface area contributed by atoms with E-state index in [4.69, 9.17) is 4.74 Å². The molecule has 0 unspecified atom stereocenters. The third kappa shape index (κ3) is 4.21. The van der Waals surface area contributed by atoms with E-state index in [1.54, 1.807) is 13.3 Å². The fourth-order valence-electron chi connectivity index (χ4n) is 4.05. The topological polar surface area (TPSA) is 86.3 Å². The summed E-state index contributed by atoms with van der Waals surface area (Å²) in [7, 11) is 3.55. The van der Waals surface area contributed by atoms with E-state index in [-0.39, 0.29) is 11.9 Å². The third-order valence-electron chi connectivity index (χ3n) is 5.74. The molecular formula is C24H28N6O2. The van der Waals surface area contributed by atoms with Gasteiger partial charge in [-0.15, -0.1) is 0 Å². The Kier molecular flexibility index (Phi) is 5.94. The number of fused-ring (bicyclic) bond motifs is 1. The molecule has 0 aliphatic heterocycles. The smallest absolute Gasteiger partial charge is 0.221 e. The molecule has 0 radical (unpaired) electrons. The lowest BCUT2D eigenvalue weighted by atomic mass is 10.0. The molecule has 32 heavy (non-hydrogen) atoms. The van der Waals surface area contributed by atoms with Crippen molar-refractivity contribution in [1.29, 1.82) is 0 Å². The summed E-state index contributed by atoms with van der Waals surface area (Å²) >= 11 is 0. The number of aromatic nitrogens is 5. The molecular weight excluding hydrogens is 404 g/mol. The second kappa shape index (κ2) is 8.82. The lowest BCUT2D eigenvalue weighted by Gasteiger charge is -2.20. The van der Waals surface area contributed by atoms with Crippen LogP contribution in [0.3, 0.4) is 0 Å². The highest BCUT2D eigenvalue weighted by Crippen LogP contribution is 2.25. The fraction of sp³-hybridized carbons (Fsp3) is 0.333. The molecule has 166 valence electrons. The first-order valence-corrected chi connectivity index (χ1v) is 10.6. The molecule has 1 aromatic carbocycles. The van der Waals surface area contributed by atoms with E-state index in [0.717, 1.165) is 45.4 Å². The zero-order chi connectivity index (χ0) is 22.8. The maximum atomic E-state index is 13.0. The van der Waals surface area contributed by atoms with Gasteiger partial charge >= 0.3 is 0 Å². The number of imidazole rings is 1. The van der Waals surface area contributed by atoms with Crippen LogP contribution in [0.5, 0.6) is 5.75 Å². The second-order valence-electron chi connectivity index (χ2n) is 7.99. The minimum absolute atomic E-state index is 0.0589. The van der Waals surface area contributed by atoms with Crippen LogP contribution < -0.4 is 10.1 Å². The Morgan fingerprint density at radius 2 is 2.03 bits per heavy atom. The largest absolute Gasteiger partial charge is 0.497 e. The van der Waals surface area contributed by atoms with E-state index in [0.29, 0.717) is 12.8 Å². The number of hydrogen-bond donors (Lipinski definition) is 1. The Labute approximate surface area is 187 Å². The van der Waals surface area contributed by atoms with Crippen molar-refractivity contribution < 1.29 is 9.53 Å². The second-order valence-corrected chi connectivity index (χ2v) is 7.99. The molecule has 4 rings (SSSR count). The average molecular weight is 433 g/mol. The van der Waals surface area contributed by atoms with Gasteiger partial charge in [-0.25, -0.2) is 14.5 Å². The van der Waals surface area contributed by atoms with E-state index >= 15 is 0 Å². The Morgan fingerprint density at radius 3 is 2.75 bits per heavy atom. The summed E-state index contributed by atoms with van der Waals surface area (Å²) in [5.41, 5.74) is 5.66. The number of ether oxygens (including phenoxy) is 1. The minimum atomic E-state index is -0.380. The van der Waals surface area contributed by atoms with Crippen LogP contribution in [0.4, 0.5) is 0 Å². The lowest BCUT2D eigenvalue weighted by molar-refractivity contribution is -0.121. The van der Waals surface area contributed by atoms with E-state index in [1.165, 1.54) is 0 Å². The van der Waals surface area contributed by atoms with Gasteiger partial charge in [0.05, 0.1) is 12.8 Å². The molecule has 4 aromatic rings. The Balaban J connectivity index is 1.56. The predicted octanol–water partition coefficient (Wildman–Crippen LogP) is 3.24. The number of carbonyl (C=O) groups excluding carboxylic acids is 1. The molecule has 0 saturated heterocycles. The summed E-state index contributed by atoms with van der Waals surface area (Å²) in [5.74, 6) is 1.43. The maximum absolute atomic E-state index is 13.0. The number of nitrogens with one attached hydrogen (secondary N) is 1. The molecule has 8 heteroatoms. The summed E-state index contributed by atoms with van der Waals surface area (Å²) in [4.78, 5) is 22.2. The molecule has 1 atom stereocenters. The summed E-state index contributed by atoms with van der Waals surface area (Å²) in [6, 6.07) is 9.26. The number of methoxy groups -OCH3 is 1. The molecule has 1 N–H and O–H groups in total. The Morgan fingerprint density at radius 1 is 1.22 bits per heavy atom. The lowest BCUT2D eigenvalue weighted by Crippen LogP contribution is -2.31. The van der Waals surface area contributed by atoms with Crippen LogP contribution in [0.2, 0.25) is 0 Å². The van der Waals surface area contributed by atoms with Crippen molar-refractivity contribution in [3.05, 3.63) is 76.8 Å². The van der Waals surface area contributed by atoms with Crippen molar-refractivity contribution in [2.45, 2.75) is 39.7 Å². The monoisotopic (exact) mass is 432 g/mol. The molecule has 3 aromatic heterocycles. The number of benzene rings is 1. The van der Waals surface area contributed by atoms with Crippen LogP contribution in [0.1, 0.15) is 46.5 Å². The van der Waals surface area contributed by atoms with E-state index in [2.05, 4.69) is 20.4 Å². The summed E-state index contributed by atoms with van der Waals surface area (Å²) in [6.07, 6.45) is 4.51. The number of hydrogen-bond acceptors (Lipinski definition) is 5. The van der Waals surface area contributed by atoms with Gasteiger partial charge in [0.1, 0.15) is 17.6 Å². The molecule has 3 heterocycles. The zero-order valence-electron chi connectivity index (χ0n) is 19.1. The quantitative estimate of drug-likeness (QED) is 0.485. The van der Waals surface area contributed by atoms with E-state index < -0.39 is 0 Å². The number of aryl methyl sites for hydroxylation is 4. The van der Waals surface area contributed by atoms with Crippen LogP contribution >= 0.6 is 0 Å². The van der Waals surface area contributed by atoms with Crippen LogP contribution in [0.25, 0.3) is 5.65 Å². The van der Waals surface area contributed by atoms with Crippen molar-refractivity contribution >= 4 is 11.6 Å². The number of rotatable bonds is 7. The highest BCUT2D eigenvalue weighted by Gasteiger charge is 2.22. The van der Waals surface area contributed by atoms with Crippen LogP contribution in [0.15, 0.2) is 42.7 Å². The van der Waals surface area contributed by atoms with Crippen molar-refractivity contribution in [2.75, 3.05) is 7.11 Å². The van der Waals surface area contributed by atoms with Gasteiger partial charge in [-0.3, -0.25) is 4.79 Å². The van der Waals surface area contributed by atoms with Gasteiger partial charge < -0.3 is 14.6 Å². The van der Waals surface area contributed by atoms with Gasteiger partial charge in [0.2, 0.25) is 5.91 Å². The number of carbonyl (C=O) groups is 1. The molecule has 0 bridgehead atoms. The summed E-state index contributed by atoms with van der Waals surface area (Å²) in [6.45, 7) is 5.96. The molecule has 0 aliphatic carbocycles. The normalized spacial score (nSPS) is 12.2. The van der Waals surface area contributed by atoms with Crippen LogP contribution in [-0.2, 0) is 18.3 Å². The average Bonchev–Trinajstić information content (AvgIpc) is 3.36. The number of nitrogens with zero attached hydrogens (tertiary/aromatic N) is 5. The number of amides is 1. The first kappa shape index (κ1) is 21.5. The summed E-state index contributed by atoms with van der Waals surface area (Å²) < 4.78 is 9.13. The van der Waals surface area contributed by atoms with Crippen LogP contribution in [0, 0.1) is 20.8 Å². The molecule has 1 amide bonds. The molecule has 0 fully saturated rings. The van der Waals surface area contributed by atoms with Gasteiger partial charge in [-0.1, -0.05) is 12.1 Å². The Bertz CT molecular complexity index is 1270. The van der Waals surface area contributed by atoms with Gasteiger partial charge in [0, 0.05) is 43.3 Å². The molecule has 0 aliphatic rings. The van der Waals surface area contributed by atoms with Crippen molar-refractivity contribution in [3.63, 3.8) is 0 Å². The van der Waals surface area contributed by atoms with Crippen molar-refractivity contribution in [1.82, 2.24) is 29.5 Å². The first-order chi connectivity index (χ1) is 15.4. The molecule has 0 spiro atoms. The molecule has 0 saturated carbocycles.